The molecule has 2 aliphatic rings. The number of hydrogen-bond donors (Lipinski definition) is 2. The number of likely N-dealkylation sites (tertiary alicyclic amines) is 1. The van der Waals surface area contributed by atoms with Crippen molar-refractivity contribution in [3.8, 4) is 11.5 Å². The Balaban J connectivity index is 0.00000261. The molecule has 1 aromatic rings. The Morgan fingerprint density at radius 2 is 1.93 bits per heavy atom. The third-order valence-corrected chi connectivity index (χ3v) is 5.24. The number of guanidine groups is 1. The number of hydrogen-bond acceptors (Lipinski definition) is 4. The summed E-state index contributed by atoms with van der Waals surface area (Å²) in [6, 6.07) is 6.41. The third kappa shape index (κ3) is 6.41. The minimum atomic E-state index is 0. The van der Waals surface area contributed by atoms with Crippen LogP contribution < -0.4 is 20.1 Å². The van der Waals surface area contributed by atoms with Gasteiger partial charge in [0.15, 0.2) is 17.5 Å². The highest BCUT2D eigenvalue weighted by molar-refractivity contribution is 14.0. The predicted octanol–water partition coefficient (Wildman–Crippen LogP) is 3.57. The molecule has 1 atom stereocenters. The molecule has 1 aromatic carbocycles. The number of nitrogens with one attached hydrogen (secondary N) is 2. The molecular formula is C20H33IN4O2. The number of fused-ring (bicyclic) bond motifs is 1. The van der Waals surface area contributed by atoms with E-state index >= 15 is 0 Å². The lowest BCUT2D eigenvalue weighted by Crippen LogP contribution is -2.46. The molecule has 152 valence electrons. The Kier molecular flexibility index (Phi) is 8.95. The van der Waals surface area contributed by atoms with Crippen molar-refractivity contribution in [2.24, 2.45) is 10.9 Å². The number of halogens is 1. The Bertz CT molecular complexity index is 618. The molecular weight excluding hydrogens is 455 g/mol. The van der Waals surface area contributed by atoms with Crippen LogP contribution in [-0.2, 0) is 0 Å². The van der Waals surface area contributed by atoms with Gasteiger partial charge in [-0.25, -0.2) is 0 Å². The van der Waals surface area contributed by atoms with Crippen molar-refractivity contribution in [2.45, 2.75) is 39.2 Å². The van der Waals surface area contributed by atoms with Crippen molar-refractivity contribution >= 4 is 35.6 Å². The molecule has 0 radical (unpaired) electrons. The molecule has 2 heterocycles. The van der Waals surface area contributed by atoms with Gasteiger partial charge in [0.05, 0.1) is 13.2 Å². The largest absolute Gasteiger partial charge is 0.490 e. The fourth-order valence-corrected chi connectivity index (χ4v) is 3.40. The van der Waals surface area contributed by atoms with Crippen molar-refractivity contribution in [1.82, 2.24) is 10.2 Å². The quantitative estimate of drug-likeness (QED) is 0.386. The predicted molar refractivity (Wildman–Crippen MR) is 122 cm³/mol. The minimum absolute atomic E-state index is 0. The van der Waals surface area contributed by atoms with E-state index in [4.69, 9.17) is 9.47 Å². The lowest BCUT2D eigenvalue weighted by Gasteiger charge is -2.35. The number of ether oxygens (including phenoxy) is 2. The minimum Gasteiger partial charge on any atom is -0.490 e. The van der Waals surface area contributed by atoms with Crippen molar-refractivity contribution in [2.75, 3.05) is 45.2 Å². The number of aliphatic imine (C=N–C) groups is 1. The van der Waals surface area contributed by atoms with Crippen LogP contribution in [0.1, 0.15) is 33.1 Å². The number of piperidine rings is 1. The van der Waals surface area contributed by atoms with Gasteiger partial charge in [-0.1, -0.05) is 6.92 Å². The van der Waals surface area contributed by atoms with Crippen LogP contribution in [0.3, 0.4) is 0 Å². The summed E-state index contributed by atoms with van der Waals surface area (Å²) in [5.74, 6) is 3.24. The zero-order valence-corrected chi connectivity index (χ0v) is 19.0. The second-order valence-electron chi connectivity index (χ2n) is 7.36. The van der Waals surface area contributed by atoms with Crippen LogP contribution in [-0.4, -0.2) is 56.8 Å². The Morgan fingerprint density at radius 1 is 1.22 bits per heavy atom. The molecule has 0 aliphatic carbocycles. The first-order valence-electron chi connectivity index (χ1n) is 9.77. The van der Waals surface area contributed by atoms with Gasteiger partial charge in [0, 0.05) is 37.8 Å². The zero-order valence-electron chi connectivity index (χ0n) is 16.7. The van der Waals surface area contributed by atoms with E-state index in [1.165, 1.54) is 25.9 Å². The summed E-state index contributed by atoms with van der Waals surface area (Å²) in [7, 11) is 1.80. The summed E-state index contributed by atoms with van der Waals surface area (Å²) < 4.78 is 11.4. The molecule has 0 amide bonds. The molecule has 0 bridgehead atoms. The number of rotatable bonds is 4. The molecule has 1 fully saturated rings. The van der Waals surface area contributed by atoms with Crippen LogP contribution in [0.4, 0.5) is 5.69 Å². The summed E-state index contributed by atoms with van der Waals surface area (Å²) in [6.07, 6.45) is 3.51. The van der Waals surface area contributed by atoms with Crippen molar-refractivity contribution in [1.29, 1.82) is 0 Å². The molecule has 2 N–H and O–H groups in total. The van der Waals surface area contributed by atoms with E-state index in [1.807, 2.05) is 18.2 Å². The lowest BCUT2D eigenvalue weighted by molar-refractivity contribution is 0.148. The standard InChI is InChI=1S/C20H32N4O2.HI/c1-15-7-9-24(10-8-15)16(2)14-22-20(21-3)23-17-5-6-18-19(13-17)26-12-4-11-25-18;/h5-6,13,15-16H,4,7-12,14H2,1-3H3,(H2,21,22,23);1H. The van der Waals surface area contributed by atoms with Crippen molar-refractivity contribution in [3.05, 3.63) is 18.2 Å². The first-order valence-corrected chi connectivity index (χ1v) is 9.77. The molecule has 7 heteroatoms. The van der Waals surface area contributed by atoms with E-state index in [0.717, 1.165) is 42.0 Å². The highest BCUT2D eigenvalue weighted by Crippen LogP contribution is 2.32. The lowest BCUT2D eigenvalue weighted by atomic mass is 9.98. The molecule has 1 saturated heterocycles. The SMILES string of the molecule is CN=C(NCC(C)N1CCC(C)CC1)Nc1ccc2c(c1)OCCCO2.I. The normalized spacial score (nSPS) is 19.6. The molecule has 3 rings (SSSR count). The van der Waals surface area contributed by atoms with Crippen LogP contribution in [0.2, 0.25) is 0 Å². The summed E-state index contributed by atoms with van der Waals surface area (Å²) in [5, 5.41) is 6.79. The topological polar surface area (TPSA) is 58.1 Å². The number of nitrogens with zero attached hydrogens (tertiary/aromatic N) is 2. The second kappa shape index (κ2) is 10.9. The Morgan fingerprint density at radius 3 is 2.63 bits per heavy atom. The first-order chi connectivity index (χ1) is 12.7. The fraction of sp³-hybridized carbons (Fsp3) is 0.650. The van der Waals surface area contributed by atoms with Gasteiger partial charge >= 0.3 is 0 Å². The highest BCUT2D eigenvalue weighted by Gasteiger charge is 2.20. The highest BCUT2D eigenvalue weighted by atomic mass is 127. The summed E-state index contributed by atoms with van der Waals surface area (Å²) in [6.45, 7) is 9.28. The van der Waals surface area contributed by atoms with Gasteiger partial charge in [0.25, 0.3) is 0 Å². The molecule has 2 aliphatic heterocycles. The Hall–Kier alpha value is -1.22. The van der Waals surface area contributed by atoms with Gasteiger partial charge in [-0.15, -0.1) is 24.0 Å². The van der Waals surface area contributed by atoms with Crippen molar-refractivity contribution in [3.63, 3.8) is 0 Å². The van der Waals surface area contributed by atoms with E-state index in [9.17, 15) is 0 Å². The smallest absolute Gasteiger partial charge is 0.195 e. The average molecular weight is 488 g/mol. The molecule has 27 heavy (non-hydrogen) atoms. The zero-order chi connectivity index (χ0) is 18.4. The van der Waals surface area contributed by atoms with E-state index in [0.29, 0.717) is 19.3 Å². The van der Waals surface area contributed by atoms with Crippen LogP contribution >= 0.6 is 24.0 Å². The average Bonchev–Trinajstić information content (AvgIpc) is 2.90. The maximum Gasteiger partial charge on any atom is 0.195 e. The van der Waals surface area contributed by atoms with E-state index in [2.05, 4.69) is 34.4 Å². The van der Waals surface area contributed by atoms with E-state index < -0.39 is 0 Å². The summed E-state index contributed by atoms with van der Waals surface area (Å²) in [4.78, 5) is 6.91. The van der Waals surface area contributed by atoms with Gasteiger partial charge < -0.3 is 20.1 Å². The van der Waals surface area contributed by atoms with Gasteiger partial charge in [-0.05, 0) is 50.9 Å². The fourth-order valence-electron chi connectivity index (χ4n) is 3.40. The van der Waals surface area contributed by atoms with Gasteiger partial charge in [0.1, 0.15) is 0 Å². The van der Waals surface area contributed by atoms with E-state index in [-0.39, 0.29) is 24.0 Å². The summed E-state index contributed by atoms with van der Waals surface area (Å²) >= 11 is 0. The Labute approximate surface area is 180 Å². The summed E-state index contributed by atoms with van der Waals surface area (Å²) in [5.41, 5.74) is 0.946. The molecule has 0 saturated carbocycles. The maximum atomic E-state index is 5.76. The van der Waals surface area contributed by atoms with Crippen LogP contribution in [0.15, 0.2) is 23.2 Å². The number of benzene rings is 1. The second-order valence-corrected chi connectivity index (χ2v) is 7.36. The van der Waals surface area contributed by atoms with Gasteiger partial charge in [-0.2, -0.15) is 0 Å². The van der Waals surface area contributed by atoms with Crippen LogP contribution in [0.5, 0.6) is 11.5 Å². The maximum absolute atomic E-state index is 5.76. The van der Waals surface area contributed by atoms with Gasteiger partial charge in [0.2, 0.25) is 0 Å². The van der Waals surface area contributed by atoms with Crippen LogP contribution in [0, 0.1) is 5.92 Å². The van der Waals surface area contributed by atoms with Crippen molar-refractivity contribution < 1.29 is 9.47 Å². The number of anilines is 1. The van der Waals surface area contributed by atoms with Gasteiger partial charge in [-0.3, -0.25) is 9.89 Å². The first kappa shape index (κ1) is 22.1. The van der Waals surface area contributed by atoms with Crippen LogP contribution in [0.25, 0.3) is 0 Å². The third-order valence-electron chi connectivity index (χ3n) is 5.24. The van der Waals surface area contributed by atoms with E-state index in [1.54, 1.807) is 7.05 Å². The monoisotopic (exact) mass is 488 g/mol. The molecule has 6 nitrogen and oxygen atoms in total. The molecule has 0 spiro atoms. The molecule has 0 aromatic heterocycles. The molecule has 1 unspecified atom stereocenters.